The van der Waals surface area contributed by atoms with E-state index in [0.717, 1.165) is 23.2 Å². The van der Waals surface area contributed by atoms with Crippen LogP contribution in [0.4, 0.5) is 0 Å². The van der Waals surface area contributed by atoms with Gasteiger partial charge in [-0.05, 0) is 40.2 Å². The van der Waals surface area contributed by atoms with Crippen molar-refractivity contribution in [3.05, 3.63) is 53.5 Å². The second-order valence-electron chi connectivity index (χ2n) is 3.21. The molecule has 0 spiro atoms. The van der Waals surface area contributed by atoms with E-state index in [2.05, 4.69) is 47.8 Å². The first-order valence-corrected chi connectivity index (χ1v) is 7.65. The Balaban J connectivity index is 2.37. The molecule has 2 rings (SSSR count). The van der Waals surface area contributed by atoms with Gasteiger partial charge in [-0.1, -0.05) is 37.9 Å². The summed E-state index contributed by atoms with van der Waals surface area (Å²) in [6.07, 6.45) is -0.584. The normalized spacial score (nSPS) is 12.8. The van der Waals surface area contributed by atoms with Crippen molar-refractivity contribution < 1.29 is 5.11 Å². The predicted molar refractivity (Wildman–Crippen MR) is 77.9 cm³/mol. The van der Waals surface area contributed by atoms with Gasteiger partial charge in [0.25, 0.3) is 0 Å². The van der Waals surface area contributed by atoms with E-state index in [0.29, 0.717) is 0 Å². The molecule has 1 unspecified atom stereocenters. The molecule has 0 bridgehead atoms. The Morgan fingerprint density at radius 1 is 1.06 bits per heavy atom. The molecule has 0 saturated heterocycles. The Morgan fingerprint density at radius 2 is 1.81 bits per heavy atom. The number of aliphatic hydroxyl groups excluding tert-OH is 1. The minimum absolute atomic E-state index is 0.584. The monoisotopic (exact) mass is 424 g/mol. The highest BCUT2D eigenvalue weighted by Gasteiger charge is 2.15. The number of rotatable bonds is 2. The molecule has 84 valence electrons. The van der Waals surface area contributed by atoms with Crippen LogP contribution in [0.3, 0.4) is 0 Å². The number of halogens is 3. The molecule has 0 fully saturated rings. The van der Waals surface area contributed by atoms with Gasteiger partial charge in [-0.3, -0.25) is 0 Å². The highest BCUT2D eigenvalue weighted by atomic mass is 79.9. The first kappa shape index (κ1) is 12.8. The summed E-state index contributed by atoms with van der Waals surface area (Å²) in [4.78, 5) is 0.926. The van der Waals surface area contributed by atoms with Gasteiger partial charge < -0.3 is 5.11 Å². The van der Waals surface area contributed by atoms with Crippen molar-refractivity contribution in [3.63, 3.8) is 0 Å². The number of benzene rings is 1. The van der Waals surface area contributed by atoms with Gasteiger partial charge in [0, 0.05) is 19.4 Å². The van der Waals surface area contributed by atoms with Crippen molar-refractivity contribution >= 4 is 59.1 Å². The molecule has 1 nitrogen and oxygen atoms in total. The number of aliphatic hydroxyl groups is 1. The van der Waals surface area contributed by atoms with Crippen molar-refractivity contribution in [1.82, 2.24) is 0 Å². The number of hydrogen-bond acceptors (Lipinski definition) is 2. The summed E-state index contributed by atoms with van der Waals surface area (Å²) >= 11 is 11.8. The highest BCUT2D eigenvalue weighted by Crippen LogP contribution is 2.35. The molecule has 0 aliphatic heterocycles. The highest BCUT2D eigenvalue weighted by molar-refractivity contribution is 9.11. The van der Waals surface area contributed by atoms with Crippen LogP contribution in [0.15, 0.2) is 43.1 Å². The van der Waals surface area contributed by atoms with Crippen LogP contribution in [0.2, 0.25) is 0 Å². The van der Waals surface area contributed by atoms with Crippen molar-refractivity contribution in [3.8, 4) is 0 Å². The molecule has 1 N–H and O–H groups in total. The molecule has 1 aromatic carbocycles. The molecule has 0 aliphatic carbocycles. The molecule has 16 heavy (non-hydrogen) atoms. The third-order valence-electron chi connectivity index (χ3n) is 2.12. The van der Waals surface area contributed by atoms with E-state index >= 15 is 0 Å². The van der Waals surface area contributed by atoms with Gasteiger partial charge in [0.15, 0.2) is 0 Å². The topological polar surface area (TPSA) is 20.2 Å². The molecule has 1 aromatic heterocycles. The first-order chi connectivity index (χ1) is 7.58. The van der Waals surface area contributed by atoms with E-state index in [1.165, 1.54) is 11.3 Å². The lowest BCUT2D eigenvalue weighted by atomic mass is 10.1. The molecular weight excluding hydrogens is 420 g/mol. The third kappa shape index (κ3) is 2.76. The first-order valence-electron chi connectivity index (χ1n) is 4.46. The quantitative estimate of drug-likeness (QED) is 0.706. The fourth-order valence-electron chi connectivity index (χ4n) is 1.35. The lowest BCUT2D eigenvalue weighted by Crippen LogP contribution is -1.97. The molecule has 2 aromatic rings. The van der Waals surface area contributed by atoms with Crippen LogP contribution in [0.25, 0.3) is 0 Å². The minimum Gasteiger partial charge on any atom is -0.383 e. The Morgan fingerprint density at radius 3 is 2.38 bits per heavy atom. The standard InChI is InChI=1S/C11H7Br3OS/c12-6-1-2-7(8(13)5-6)11(15)9-3-4-10(14)16-9/h1-5,11,15H. The maximum atomic E-state index is 10.2. The van der Waals surface area contributed by atoms with E-state index in [1.54, 1.807) is 0 Å². The van der Waals surface area contributed by atoms with Crippen LogP contribution in [0.5, 0.6) is 0 Å². The van der Waals surface area contributed by atoms with Gasteiger partial charge in [0.05, 0.1) is 3.79 Å². The maximum absolute atomic E-state index is 10.2. The van der Waals surface area contributed by atoms with E-state index in [1.807, 2.05) is 30.3 Å². The van der Waals surface area contributed by atoms with Crippen LogP contribution in [0, 0.1) is 0 Å². The van der Waals surface area contributed by atoms with Crippen LogP contribution in [-0.2, 0) is 0 Å². The van der Waals surface area contributed by atoms with Crippen LogP contribution in [-0.4, -0.2) is 5.11 Å². The van der Waals surface area contributed by atoms with Crippen molar-refractivity contribution in [2.24, 2.45) is 0 Å². The lowest BCUT2D eigenvalue weighted by molar-refractivity contribution is 0.223. The van der Waals surface area contributed by atoms with Crippen molar-refractivity contribution in [2.75, 3.05) is 0 Å². The van der Waals surface area contributed by atoms with Crippen LogP contribution < -0.4 is 0 Å². The predicted octanol–water partition coefficient (Wildman–Crippen LogP) is 5.12. The van der Waals surface area contributed by atoms with Gasteiger partial charge in [0.1, 0.15) is 6.10 Å². The van der Waals surface area contributed by atoms with Crippen LogP contribution in [0.1, 0.15) is 16.5 Å². The zero-order chi connectivity index (χ0) is 11.7. The Kier molecular flexibility index (Phi) is 4.24. The van der Waals surface area contributed by atoms with Gasteiger partial charge >= 0.3 is 0 Å². The van der Waals surface area contributed by atoms with Gasteiger partial charge in [-0.25, -0.2) is 0 Å². The average Bonchev–Trinajstić information content (AvgIpc) is 2.64. The van der Waals surface area contributed by atoms with E-state index in [9.17, 15) is 5.11 Å². The molecule has 0 saturated carbocycles. The molecule has 0 aliphatic rings. The van der Waals surface area contributed by atoms with E-state index in [-0.39, 0.29) is 0 Å². The number of hydrogen-bond donors (Lipinski definition) is 1. The summed E-state index contributed by atoms with van der Waals surface area (Å²) in [6, 6.07) is 9.63. The molecule has 1 atom stereocenters. The molecule has 5 heteroatoms. The lowest BCUT2D eigenvalue weighted by Gasteiger charge is -2.11. The van der Waals surface area contributed by atoms with Gasteiger partial charge in [-0.15, -0.1) is 11.3 Å². The van der Waals surface area contributed by atoms with E-state index in [4.69, 9.17) is 0 Å². The summed E-state index contributed by atoms with van der Waals surface area (Å²) in [7, 11) is 0. The summed E-state index contributed by atoms with van der Waals surface area (Å²) in [5, 5.41) is 10.2. The van der Waals surface area contributed by atoms with Gasteiger partial charge in [0.2, 0.25) is 0 Å². The average molecular weight is 427 g/mol. The molecule has 1 heterocycles. The molecular formula is C11H7Br3OS. The largest absolute Gasteiger partial charge is 0.383 e. The second kappa shape index (κ2) is 5.31. The maximum Gasteiger partial charge on any atom is 0.114 e. The Bertz CT molecular complexity index is 510. The number of thiophene rings is 1. The zero-order valence-corrected chi connectivity index (χ0v) is 13.5. The fraction of sp³-hybridized carbons (Fsp3) is 0.0909. The van der Waals surface area contributed by atoms with Crippen LogP contribution >= 0.6 is 59.1 Å². The zero-order valence-electron chi connectivity index (χ0n) is 7.95. The fourth-order valence-corrected chi connectivity index (χ4v) is 4.04. The summed E-state index contributed by atoms with van der Waals surface area (Å²) in [5.41, 5.74) is 0.873. The third-order valence-corrected chi connectivity index (χ3v) is 4.98. The summed E-state index contributed by atoms with van der Waals surface area (Å²) < 4.78 is 2.91. The second-order valence-corrected chi connectivity index (χ2v) is 7.47. The summed E-state index contributed by atoms with van der Waals surface area (Å²) in [6.45, 7) is 0. The SMILES string of the molecule is OC(c1ccc(Br)s1)c1ccc(Br)cc1Br. The van der Waals surface area contributed by atoms with Gasteiger partial charge in [-0.2, -0.15) is 0 Å². The minimum atomic E-state index is -0.584. The molecule has 0 amide bonds. The van der Waals surface area contributed by atoms with E-state index < -0.39 is 6.10 Å². The Labute approximate surface area is 123 Å². The summed E-state index contributed by atoms with van der Waals surface area (Å²) in [5.74, 6) is 0. The van der Waals surface area contributed by atoms with Crippen molar-refractivity contribution in [2.45, 2.75) is 6.10 Å². The Hall–Kier alpha value is 0.320. The molecule has 0 radical (unpaired) electrons. The van der Waals surface area contributed by atoms with Crippen molar-refractivity contribution in [1.29, 1.82) is 0 Å². The smallest absolute Gasteiger partial charge is 0.114 e.